The molecule has 1 aromatic heterocycles. The van der Waals surface area contributed by atoms with Gasteiger partial charge in [-0.3, -0.25) is 4.57 Å². The van der Waals surface area contributed by atoms with E-state index >= 15 is 0 Å². The van der Waals surface area contributed by atoms with Gasteiger partial charge in [0.25, 0.3) is 0 Å². The first kappa shape index (κ1) is 12.2. The van der Waals surface area contributed by atoms with Crippen LogP contribution in [-0.4, -0.2) is 14.7 Å². The average Bonchev–Trinajstić information content (AvgIpc) is 2.82. The summed E-state index contributed by atoms with van der Waals surface area (Å²) < 4.78 is 1.98. The number of fused-ring (bicyclic) bond motifs is 1. The highest BCUT2D eigenvalue weighted by atomic mass is 35.5. The molecule has 0 spiro atoms. The van der Waals surface area contributed by atoms with Crippen LogP contribution in [0.15, 0.2) is 48.8 Å². The van der Waals surface area contributed by atoms with Crippen molar-refractivity contribution in [2.75, 3.05) is 0 Å². The first-order valence-electron chi connectivity index (χ1n) is 6.07. The Hall–Kier alpha value is -1.84. The van der Waals surface area contributed by atoms with Gasteiger partial charge in [-0.05, 0) is 36.8 Å². The molecule has 0 amide bonds. The Bertz CT molecular complexity index is 734. The summed E-state index contributed by atoms with van der Waals surface area (Å²) >= 11 is 6.20. The van der Waals surface area contributed by atoms with Gasteiger partial charge in [-0.25, -0.2) is 4.98 Å². The summed E-state index contributed by atoms with van der Waals surface area (Å²) in [5, 5.41) is 10.2. The molecule has 3 nitrogen and oxygen atoms in total. The molecule has 0 aliphatic rings. The number of imidazole rings is 1. The van der Waals surface area contributed by atoms with Crippen molar-refractivity contribution < 1.29 is 5.11 Å². The van der Waals surface area contributed by atoms with Crippen molar-refractivity contribution >= 4 is 22.6 Å². The lowest BCUT2D eigenvalue weighted by Crippen LogP contribution is -1.96. The minimum atomic E-state index is -0.568. The molecule has 1 atom stereocenters. The van der Waals surface area contributed by atoms with Gasteiger partial charge in [0.15, 0.2) is 0 Å². The minimum absolute atomic E-state index is 0.560. The number of hydrogen-bond donors (Lipinski definition) is 1. The molecule has 0 saturated carbocycles. The van der Waals surface area contributed by atoms with Gasteiger partial charge in [0.05, 0.1) is 17.1 Å². The van der Waals surface area contributed by atoms with Crippen LogP contribution in [0.5, 0.6) is 0 Å². The van der Waals surface area contributed by atoms with Crippen LogP contribution < -0.4 is 0 Å². The number of para-hydroxylation sites is 2. The molecule has 96 valence electrons. The van der Waals surface area contributed by atoms with E-state index in [2.05, 4.69) is 4.98 Å². The fourth-order valence-electron chi connectivity index (χ4n) is 2.17. The second kappa shape index (κ2) is 4.68. The maximum absolute atomic E-state index is 9.59. The second-order valence-corrected chi connectivity index (χ2v) is 4.89. The predicted octanol–water partition coefficient (Wildman–Crippen LogP) is 3.73. The molecule has 3 aromatic rings. The lowest BCUT2D eigenvalue weighted by molar-refractivity contribution is 0.199. The lowest BCUT2D eigenvalue weighted by Gasteiger charge is -2.10. The molecule has 19 heavy (non-hydrogen) atoms. The number of nitrogens with zero attached hydrogens (tertiary/aromatic N) is 2. The number of benzene rings is 2. The third-order valence-corrected chi connectivity index (χ3v) is 3.49. The molecular weight excluding hydrogens is 260 g/mol. The van der Waals surface area contributed by atoms with Gasteiger partial charge in [-0.15, -0.1) is 0 Å². The van der Waals surface area contributed by atoms with E-state index in [0.29, 0.717) is 5.02 Å². The molecule has 0 aliphatic heterocycles. The molecule has 4 heteroatoms. The fourth-order valence-corrected chi connectivity index (χ4v) is 2.50. The third-order valence-electron chi connectivity index (χ3n) is 3.17. The van der Waals surface area contributed by atoms with Crippen molar-refractivity contribution in [2.45, 2.75) is 13.0 Å². The van der Waals surface area contributed by atoms with Crippen LogP contribution in [0.3, 0.4) is 0 Å². The molecule has 1 N–H and O–H groups in total. The molecule has 0 aliphatic carbocycles. The van der Waals surface area contributed by atoms with Gasteiger partial charge >= 0.3 is 0 Å². The Morgan fingerprint density at radius 2 is 2.00 bits per heavy atom. The highest BCUT2D eigenvalue weighted by Crippen LogP contribution is 2.27. The van der Waals surface area contributed by atoms with Crippen molar-refractivity contribution in [2.24, 2.45) is 0 Å². The maximum Gasteiger partial charge on any atom is 0.100 e. The number of rotatable bonds is 2. The SMILES string of the molecule is CC(O)c1ccc(-n2cnc3ccccc32)cc1Cl. The first-order valence-corrected chi connectivity index (χ1v) is 6.44. The third kappa shape index (κ3) is 2.11. The average molecular weight is 273 g/mol. The van der Waals surface area contributed by atoms with Crippen molar-refractivity contribution in [1.29, 1.82) is 0 Å². The predicted molar refractivity (Wildman–Crippen MR) is 76.7 cm³/mol. The smallest absolute Gasteiger partial charge is 0.100 e. The van der Waals surface area contributed by atoms with E-state index in [9.17, 15) is 5.11 Å². The number of halogens is 1. The van der Waals surface area contributed by atoms with E-state index in [1.165, 1.54) is 0 Å². The molecule has 0 radical (unpaired) electrons. The number of aliphatic hydroxyl groups is 1. The highest BCUT2D eigenvalue weighted by Gasteiger charge is 2.09. The Labute approximate surface area is 116 Å². The Morgan fingerprint density at radius 1 is 1.21 bits per heavy atom. The molecule has 0 fully saturated rings. The molecule has 2 aromatic carbocycles. The molecule has 0 saturated heterocycles. The molecule has 3 rings (SSSR count). The number of aromatic nitrogens is 2. The zero-order valence-electron chi connectivity index (χ0n) is 10.4. The van der Waals surface area contributed by atoms with Gasteiger partial charge < -0.3 is 5.11 Å². The fraction of sp³-hybridized carbons (Fsp3) is 0.133. The van der Waals surface area contributed by atoms with Crippen molar-refractivity contribution in [1.82, 2.24) is 9.55 Å². The molecule has 0 bridgehead atoms. The van der Waals surface area contributed by atoms with Crippen molar-refractivity contribution in [3.05, 3.63) is 59.4 Å². The Balaban J connectivity index is 2.14. The van der Waals surface area contributed by atoms with Crippen LogP contribution in [0.2, 0.25) is 5.02 Å². The monoisotopic (exact) mass is 272 g/mol. The van der Waals surface area contributed by atoms with Crippen LogP contribution in [0.25, 0.3) is 16.7 Å². The highest BCUT2D eigenvalue weighted by molar-refractivity contribution is 6.31. The molecular formula is C15H13ClN2O. The van der Waals surface area contributed by atoms with Gasteiger partial charge in [0.2, 0.25) is 0 Å². The zero-order chi connectivity index (χ0) is 13.4. The summed E-state index contributed by atoms with van der Waals surface area (Å²) in [6.07, 6.45) is 1.21. The summed E-state index contributed by atoms with van der Waals surface area (Å²) in [7, 11) is 0. The van der Waals surface area contributed by atoms with Gasteiger partial charge in [0.1, 0.15) is 6.33 Å². The van der Waals surface area contributed by atoms with Crippen molar-refractivity contribution in [3.8, 4) is 5.69 Å². The molecule has 1 heterocycles. The summed E-state index contributed by atoms with van der Waals surface area (Å²) in [5.74, 6) is 0. The van der Waals surface area contributed by atoms with Crippen LogP contribution in [0, 0.1) is 0 Å². The van der Waals surface area contributed by atoms with E-state index < -0.39 is 6.10 Å². The van der Waals surface area contributed by atoms with Gasteiger partial charge in [0, 0.05) is 10.7 Å². The van der Waals surface area contributed by atoms with E-state index in [1.807, 2.05) is 47.0 Å². The van der Waals surface area contributed by atoms with Gasteiger partial charge in [-0.1, -0.05) is 29.8 Å². The topological polar surface area (TPSA) is 38.0 Å². The van der Waals surface area contributed by atoms with Crippen LogP contribution in [0.4, 0.5) is 0 Å². The standard InChI is InChI=1S/C15H13ClN2O/c1-10(19)12-7-6-11(8-13(12)16)18-9-17-14-4-2-3-5-15(14)18/h2-10,19H,1H3. The number of hydrogen-bond acceptors (Lipinski definition) is 2. The summed E-state index contributed by atoms with van der Waals surface area (Å²) in [6, 6.07) is 13.5. The van der Waals surface area contributed by atoms with Gasteiger partial charge in [-0.2, -0.15) is 0 Å². The molecule has 1 unspecified atom stereocenters. The lowest BCUT2D eigenvalue weighted by atomic mass is 10.1. The quantitative estimate of drug-likeness (QED) is 0.772. The Morgan fingerprint density at radius 3 is 2.74 bits per heavy atom. The number of aliphatic hydroxyl groups excluding tert-OH is 1. The Kier molecular flexibility index (Phi) is 3.01. The first-order chi connectivity index (χ1) is 9.16. The summed E-state index contributed by atoms with van der Waals surface area (Å²) in [6.45, 7) is 1.70. The van der Waals surface area contributed by atoms with E-state index in [4.69, 9.17) is 11.6 Å². The van der Waals surface area contributed by atoms with Crippen LogP contribution >= 0.6 is 11.6 Å². The van der Waals surface area contributed by atoms with Crippen LogP contribution in [0.1, 0.15) is 18.6 Å². The largest absolute Gasteiger partial charge is 0.389 e. The summed E-state index contributed by atoms with van der Waals surface area (Å²) in [4.78, 5) is 4.35. The normalized spacial score (nSPS) is 12.8. The minimum Gasteiger partial charge on any atom is -0.389 e. The van der Waals surface area contributed by atoms with E-state index in [0.717, 1.165) is 22.3 Å². The van der Waals surface area contributed by atoms with Crippen molar-refractivity contribution in [3.63, 3.8) is 0 Å². The van der Waals surface area contributed by atoms with E-state index in [1.54, 1.807) is 13.3 Å². The second-order valence-electron chi connectivity index (χ2n) is 4.49. The summed E-state index contributed by atoms with van der Waals surface area (Å²) in [5.41, 5.74) is 3.64. The zero-order valence-corrected chi connectivity index (χ0v) is 11.2. The van der Waals surface area contributed by atoms with E-state index in [-0.39, 0.29) is 0 Å². The van der Waals surface area contributed by atoms with Crippen LogP contribution in [-0.2, 0) is 0 Å². The maximum atomic E-state index is 9.59.